The fraction of sp³-hybridized carbons (Fsp3) is 0.500. The average Bonchev–Trinajstić information content (AvgIpc) is 3.04. The van der Waals surface area contributed by atoms with Gasteiger partial charge in [-0.05, 0) is 54.9 Å². The van der Waals surface area contributed by atoms with Crippen molar-refractivity contribution in [3.8, 4) is 0 Å². The predicted molar refractivity (Wildman–Crippen MR) is 99.9 cm³/mol. The summed E-state index contributed by atoms with van der Waals surface area (Å²) in [6.45, 7) is 6.94. The van der Waals surface area contributed by atoms with Gasteiger partial charge < -0.3 is 9.30 Å². The highest BCUT2D eigenvalue weighted by Crippen LogP contribution is 2.22. The van der Waals surface area contributed by atoms with Crippen LogP contribution in [0.15, 0.2) is 27.9 Å². The summed E-state index contributed by atoms with van der Waals surface area (Å²) in [6, 6.07) is 2.07. The number of fused-ring (bicyclic) bond motifs is 1. The van der Waals surface area contributed by atoms with E-state index in [0.717, 1.165) is 31.6 Å². The van der Waals surface area contributed by atoms with Gasteiger partial charge in [-0.3, -0.25) is 9.69 Å². The third kappa shape index (κ3) is 3.62. The van der Waals surface area contributed by atoms with Crippen LogP contribution in [0.3, 0.4) is 0 Å². The third-order valence-electron chi connectivity index (χ3n) is 4.74. The van der Waals surface area contributed by atoms with E-state index in [1.165, 1.54) is 6.42 Å². The smallest absolute Gasteiger partial charge is 0.343 e. The van der Waals surface area contributed by atoms with E-state index < -0.39 is 5.97 Å². The zero-order valence-electron chi connectivity index (χ0n) is 14.5. The number of halogens is 1. The molecule has 2 aromatic rings. The first-order valence-corrected chi connectivity index (χ1v) is 9.44. The average molecular weight is 408 g/mol. The number of ether oxygens (including phenoxy) is 1. The lowest BCUT2D eigenvalue weighted by atomic mass is 10.1. The third-order valence-corrected chi connectivity index (χ3v) is 5.17. The maximum Gasteiger partial charge on any atom is 0.343 e. The quantitative estimate of drug-likeness (QED) is 0.563. The van der Waals surface area contributed by atoms with E-state index in [2.05, 4.69) is 32.7 Å². The summed E-state index contributed by atoms with van der Waals surface area (Å²) in [5.41, 5.74) is 0.504. The zero-order chi connectivity index (χ0) is 18.0. The van der Waals surface area contributed by atoms with E-state index in [1.54, 1.807) is 25.4 Å². The van der Waals surface area contributed by atoms with Crippen LogP contribution in [0, 0.1) is 0 Å². The number of rotatable bonds is 5. The summed E-state index contributed by atoms with van der Waals surface area (Å²) in [5.74, 6) is -0.574. The minimum atomic E-state index is -0.574. The number of carbonyl (C=O) groups is 1. The predicted octanol–water partition coefficient (Wildman–Crippen LogP) is 2.82. The molecule has 1 unspecified atom stereocenters. The first-order valence-electron chi connectivity index (χ1n) is 8.65. The Kier molecular flexibility index (Phi) is 5.54. The van der Waals surface area contributed by atoms with Crippen LogP contribution in [-0.4, -0.2) is 46.2 Å². The molecule has 0 aromatic carbocycles. The van der Waals surface area contributed by atoms with E-state index in [0.29, 0.717) is 16.0 Å². The second kappa shape index (κ2) is 7.66. The largest absolute Gasteiger partial charge is 0.462 e. The molecule has 1 aliphatic rings. The molecule has 0 spiro atoms. The van der Waals surface area contributed by atoms with E-state index in [9.17, 15) is 9.59 Å². The maximum atomic E-state index is 12.7. The number of hydrogen-bond acceptors (Lipinski definition) is 5. The molecule has 0 amide bonds. The standard InChI is InChI=1S/C18H22BrN3O3/c1-3-21-7-5-6-12(21)10-22-11-14(18(24)25-4-2)17(23)13-8-16(19)20-9-15(13)22/h8-9,11-12H,3-7,10H2,1-2H3. The first-order chi connectivity index (χ1) is 12.0. The van der Waals surface area contributed by atoms with Crippen LogP contribution in [0.25, 0.3) is 10.9 Å². The molecule has 0 radical (unpaired) electrons. The molecular weight excluding hydrogens is 386 g/mol. The molecule has 134 valence electrons. The lowest BCUT2D eigenvalue weighted by Gasteiger charge is -2.25. The molecule has 0 aliphatic carbocycles. The van der Waals surface area contributed by atoms with Gasteiger partial charge in [-0.25, -0.2) is 9.78 Å². The monoisotopic (exact) mass is 407 g/mol. The molecule has 0 bridgehead atoms. The molecule has 1 fully saturated rings. The van der Waals surface area contributed by atoms with Crippen molar-refractivity contribution in [3.05, 3.63) is 38.9 Å². The lowest BCUT2D eigenvalue weighted by Crippen LogP contribution is -2.33. The molecule has 1 atom stereocenters. The van der Waals surface area contributed by atoms with Gasteiger partial charge in [0.1, 0.15) is 10.2 Å². The minimum absolute atomic E-state index is 0.0773. The van der Waals surface area contributed by atoms with Gasteiger partial charge in [-0.15, -0.1) is 0 Å². The highest BCUT2D eigenvalue weighted by Gasteiger charge is 2.25. The van der Waals surface area contributed by atoms with Gasteiger partial charge >= 0.3 is 5.97 Å². The molecule has 2 aromatic heterocycles. The number of aromatic nitrogens is 2. The van der Waals surface area contributed by atoms with E-state index >= 15 is 0 Å². The van der Waals surface area contributed by atoms with Crippen molar-refractivity contribution in [2.75, 3.05) is 19.7 Å². The molecule has 25 heavy (non-hydrogen) atoms. The maximum absolute atomic E-state index is 12.7. The Morgan fingerprint density at radius 1 is 1.44 bits per heavy atom. The highest BCUT2D eigenvalue weighted by atomic mass is 79.9. The zero-order valence-corrected chi connectivity index (χ0v) is 16.1. The van der Waals surface area contributed by atoms with Gasteiger partial charge in [0.2, 0.25) is 5.43 Å². The van der Waals surface area contributed by atoms with Crippen molar-refractivity contribution in [3.63, 3.8) is 0 Å². The molecular formula is C18H22BrN3O3. The molecule has 7 heteroatoms. The van der Waals surface area contributed by atoms with Crippen LogP contribution < -0.4 is 5.43 Å². The molecule has 1 saturated heterocycles. The second-order valence-electron chi connectivity index (χ2n) is 6.19. The Morgan fingerprint density at radius 3 is 2.96 bits per heavy atom. The molecule has 6 nitrogen and oxygen atoms in total. The Balaban J connectivity index is 2.11. The summed E-state index contributed by atoms with van der Waals surface area (Å²) < 4.78 is 7.61. The summed E-state index contributed by atoms with van der Waals surface area (Å²) in [6.07, 6.45) is 5.59. The van der Waals surface area contributed by atoms with Crippen molar-refractivity contribution in [1.29, 1.82) is 0 Å². The van der Waals surface area contributed by atoms with Gasteiger partial charge in [-0.2, -0.15) is 0 Å². The normalized spacial score (nSPS) is 18.0. The summed E-state index contributed by atoms with van der Waals surface area (Å²) in [4.78, 5) is 31.7. The Bertz CT molecular complexity index is 849. The van der Waals surface area contributed by atoms with Crippen LogP contribution in [0.2, 0.25) is 0 Å². The Labute approximate surface area is 154 Å². The summed E-state index contributed by atoms with van der Waals surface area (Å²) in [5, 5.41) is 0.480. The van der Waals surface area contributed by atoms with Gasteiger partial charge in [0.05, 0.1) is 23.7 Å². The van der Waals surface area contributed by atoms with Crippen LogP contribution in [0.4, 0.5) is 0 Å². The van der Waals surface area contributed by atoms with E-state index in [1.807, 2.05) is 4.57 Å². The highest BCUT2D eigenvalue weighted by molar-refractivity contribution is 9.10. The topological polar surface area (TPSA) is 64.4 Å². The number of esters is 1. The van der Waals surface area contributed by atoms with Crippen molar-refractivity contribution in [1.82, 2.24) is 14.5 Å². The van der Waals surface area contributed by atoms with Gasteiger partial charge in [0, 0.05) is 18.8 Å². The number of carbonyl (C=O) groups excluding carboxylic acids is 1. The van der Waals surface area contributed by atoms with Gasteiger partial charge in [0.15, 0.2) is 0 Å². The van der Waals surface area contributed by atoms with Crippen molar-refractivity contribution in [2.24, 2.45) is 0 Å². The fourth-order valence-electron chi connectivity index (χ4n) is 3.51. The Hall–Kier alpha value is -1.73. The number of nitrogens with zero attached hydrogens (tertiary/aromatic N) is 3. The van der Waals surface area contributed by atoms with Crippen LogP contribution in [0.1, 0.15) is 37.0 Å². The van der Waals surface area contributed by atoms with E-state index in [4.69, 9.17) is 4.74 Å². The second-order valence-corrected chi connectivity index (χ2v) is 7.01. The summed E-state index contributed by atoms with van der Waals surface area (Å²) >= 11 is 3.31. The minimum Gasteiger partial charge on any atom is -0.462 e. The van der Waals surface area contributed by atoms with Gasteiger partial charge in [-0.1, -0.05) is 6.92 Å². The molecule has 3 heterocycles. The van der Waals surface area contributed by atoms with Crippen molar-refractivity contribution >= 4 is 32.8 Å². The summed E-state index contributed by atoms with van der Waals surface area (Å²) in [7, 11) is 0. The van der Waals surface area contributed by atoms with Crippen molar-refractivity contribution in [2.45, 2.75) is 39.3 Å². The van der Waals surface area contributed by atoms with E-state index in [-0.39, 0.29) is 17.6 Å². The molecule has 3 rings (SSSR count). The Morgan fingerprint density at radius 2 is 2.24 bits per heavy atom. The van der Waals surface area contributed by atoms with Crippen LogP contribution in [-0.2, 0) is 11.3 Å². The van der Waals surface area contributed by atoms with Crippen LogP contribution >= 0.6 is 15.9 Å². The fourth-order valence-corrected chi connectivity index (χ4v) is 3.84. The first kappa shape index (κ1) is 18.1. The lowest BCUT2D eigenvalue weighted by molar-refractivity contribution is 0.0524. The molecule has 1 aliphatic heterocycles. The van der Waals surface area contributed by atoms with Gasteiger partial charge in [0.25, 0.3) is 0 Å². The number of likely N-dealkylation sites (tertiary alicyclic amines) is 1. The SMILES string of the molecule is CCOC(=O)c1cn(CC2CCCN2CC)c2cnc(Br)cc2c1=O. The number of hydrogen-bond donors (Lipinski definition) is 0. The van der Waals surface area contributed by atoms with Crippen LogP contribution in [0.5, 0.6) is 0 Å². The molecule has 0 saturated carbocycles. The van der Waals surface area contributed by atoms with Crippen molar-refractivity contribution < 1.29 is 9.53 Å². The molecule has 0 N–H and O–H groups in total. The number of pyridine rings is 2. The number of likely N-dealkylation sites (N-methyl/N-ethyl adjacent to an activating group) is 1.